The molecule has 1 aliphatic carbocycles. The summed E-state index contributed by atoms with van der Waals surface area (Å²) in [5.41, 5.74) is 2.02. The predicted molar refractivity (Wildman–Crippen MR) is 140 cm³/mol. The number of halogens is 1. The second-order valence-corrected chi connectivity index (χ2v) is 9.00. The van der Waals surface area contributed by atoms with E-state index >= 15 is 0 Å². The van der Waals surface area contributed by atoms with Crippen LogP contribution in [0.3, 0.4) is 0 Å². The number of nitrogens with zero attached hydrogens (tertiary/aromatic N) is 2. The van der Waals surface area contributed by atoms with Gasteiger partial charge in [0.25, 0.3) is 0 Å². The third kappa shape index (κ3) is 8.25. The fourth-order valence-electron chi connectivity index (χ4n) is 4.50. The maximum Gasteiger partial charge on any atom is 0.227 e. The first-order chi connectivity index (χ1) is 14.5. The molecule has 0 atom stereocenters. The molecule has 0 bridgehead atoms. The Morgan fingerprint density at radius 1 is 1.13 bits per heavy atom. The Morgan fingerprint density at radius 2 is 1.84 bits per heavy atom. The van der Waals surface area contributed by atoms with Crippen LogP contribution in [0.25, 0.3) is 0 Å². The zero-order valence-corrected chi connectivity index (χ0v) is 21.7. The molecule has 2 aliphatic rings. The highest BCUT2D eigenvalue weighted by Gasteiger charge is 2.22. The number of aliphatic imine (C=N–C) groups is 1. The lowest BCUT2D eigenvalue weighted by atomic mass is 9.88. The van der Waals surface area contributed by atoms with Gasteiger partial charge in [0.2, 0.25) is 5.91 Å². The average Bonchev–Trinajstić information content (AvgIpc) is 2.77. The van der Waals surface area contributed by atoms with E-state index in [4.69, 9.17) is 0 Å². The van der Waals surface area contributed by atoms with Gasteiger partial charge in [0.15, 0.2) is 5.96 Å². The molecule has 1 amide bonds. The SMILES string of the molecule is CN=C(NCc1cccc(NC(=O)C2CCCCC2)c1)NC1CCN(C(C)C)CC1.I. The minimum atomic E-state index is 0. The van der Waals surface area contributed by atoms with Crippen LogP contribution in [0.5, 0.6) is 0 Å². The summed E-state index contributed by atoms with van der Waals surface area (Å²) in [4.78, 5) is 19.4. The zero-order valence-electron chi connectivity index (χ0n) is 19.3. The summed E-state index contributed by atoms with van der Waals surface area (Å²) in [6.45, 7) is 7.47. The Kier molecular flexibility index (Phi) is 11.1. The predicted octanol–water partition coefficient (Wildman–Crippen LogP) is 4.36. The maximum absolute atomic E-state index is 12.5. The molecule has 0 spiro atoms. The van der Waals surface area contributed by atoms with Gasteiger partial charge in [-0.2, -0.15) is 0 Å². The second-order valence-electron chi connectivity index (χ2n) is 9.00. The molecule has 1 heterocycles. The van der Waals surface area contributed by atoms with Crippen molar-refractivity contribution in [2.24, 2.45) is 10.9 Å². The van der Waals surface area contributed by atoms with Crippen LogP contribution in [-0.4, -0.2) is 49.0 Å². The summed E-state index contributed by atoms with van der Waals surface area (Å²) >= 11 is 0. The number of hydrogen-bond donors (Lipinski definition) is 3. The van der Waals surface area contributed by atoms with E-state index in [-0.39, 0.29) is 35.8 Å². The zero-order chi connectivity index (χ0) is 21.3. The Morgan fingerprint density at radius 3 is 2.48 bits per heavy atom. The summed E-state index contributed by atoms with van der Waals surface area (Å²) in [7, 11) is 1.82. The summed E-state index contributed by atoms with van der Waals surface area (Å²) in [5.74, 6) is 1.19. The first-order valence-corrected chi connectivity index (χ1v) is 11.7. The van der Waals surface area contributed by atoms with Gasteiger partial charge >= 0.3 is 0 Å². The summed E-state index contributed by atoms with van der Waals surface area (Å²) in [6, 6.07) is 9.20. The molecule has 31 heavy (non-hydrogen) atoms. The van der Waals surface area contributed by atoms with Gasteiger partial charge in [-0.05, 0) is 57.2 Å². The van der Waals surface area contributed by atoms with Gasteiger partial charge in [-0.15, -0.1) is 24.0 Å². The van der Waals surface area contributed by atoms with E-state index in [0.717, 1.165) is 56.0 Å². The number of likely N-dealkylation sites (tertiary alicyclic amines) is 1. The highest BCUT2D eigenvalue weighted by molar-refractivity contribution is 14.0. The minimum Gasteiger partial charge on any atom is -0.354 e. The van der Waals surface area contributed by atoms with Crippen molar-refractivity contribution in [3.8, 4) is 0 Å². The molecule has 2 fully saturated rings. The van der Waals surface area contributed by atoms with Crippen molar-refractivity contribution in [2.75, 3.05) is 25.5 Å². The van der Waals surface area contributed by atoms with Crippen LogP contribution >= 0.6 is 24.0 Å². The highest BCUT2D eigenvalue weighted by atomic mass is 127. The molecule has 0 radical (unpaired) electrons. The standard InChI is InChI=1S/C24H39N5O.HI/c1-18(2)29-14-12-21(13-15-29)28-24(25-3)26-17-19-8-7-11-22(16-19)27-23(30)20-9-5-4-6-10-20;/h7-8,11,16,18,20-21H,4-6,9-10,12-15,17H2,1-3H3,(H,27,30)(H2,25,26,28);1H. The lowest BCUT2D eigenvalue weighted by Crippen LogP contribution is -2.49. The number of carbonyl (C=O) groups excluding carboxylic acids is 1. The lowest BCUT2D eigenvalue weighted by molar-refractivity contribution is -0.120. The number of carbonyl (C=O) groups is 1. The van der Waals surface area contributed by atoms with Crippen LogP contribution in [0.4, 0.5) is 5.69 Å². The number of amides is 1. The van der Waals surface area contributed by atoms with Crippen LogP contribution in [0.2, 0.25) is 0 Å². The van der Waals surface area contributed by atoms with Crippen LogP contribution in [-0.2, 0) is 11.3 Å². The number of rotatable bonds is 6. The smallest absolute Gasteiger partial charge is 0.227 e. The molecule has 6 nitrogen and oxygen atoms in total. The van der Waals surface area contributed by atoms with E-state index in [9.17, 15) is 4.79 Å². The normalized spacial score (nSPS) is 19.0. The van der Waals surface area contributed by atoms with Gasteiger partial charge in [0, 0.05) is 50.4 Å². The molecule has 1 aromatic carbocycles. The molecule has 174 valence electrons. The van der Waals surface area contributed by atoms with Crippen molar-refractivity contribution in [3.05, 3.63) is 29.8 Å². The summed E-state index contributed by atoms with van der Waals surface area (Å²) < 4.78 is 0. The molecule has 1 saturated heterocycles. The Labute approximate surface area is 205 Å². The van der Waals surface area contributed by atoms with Crippen molar-refractivity contribution in [3.63, 3.8) is 0 Å². The Hall–Kier alpha value is -1.35. The van der Waals surface area contributed by atoms with E-state index in [1.54, 1.807) is 0 Å². The number of piperidine rings is 1. The number of benzene rings is 1. The second kappa shape index (κ2) is 13.3. The number of hydrogen-bond acceptors (Lipinski definition) is 3. The molecular weight excluding hydrogens is 501 g/mol. The summed E-state index contributed by atoms with van der Waals surface area (Å²) in [5, 5.41) is 10.1. The van der Waals surface area contributed by atoms with E-state index in [0.29, 0.717) is 18.6 Å². The Balaban J connectivity index is 0.00000341. The third-order valence-electron chi connectivity index (χ3n) is 6.45. The molecule has 0 aromatic heterocycles. The average molecular weight is 542 g/mol. The molecule has 3 rings (SSSR count). The summed E-state index contributed by atoms with van der Waals surface area (Å²) in [6.07, 6.45) is 7.92. The number of nitrogens with one attached hydrogen (secondary N) is 3. The van der Waals surface area contributed by atoms with Gasteiger partial charge in [-0.25, -0.2) is 0 Å². The van der Waals surface area contributed by atoms with Crippen LogP contribution < -0.4 is 16.0 Å². The van der Waals surface area contributed by atoms with Crippen molar-refractivity contribution in [1.82, 2.24) is 15.5 Å². The first kappa shape index (κ1) is 25.9. The van der Waals surface area contributed by atoms with Crippen molar-refractivity contribution in [1.29, 1.82) is 0 Å². The molecule has 1 saturated carbocycles. The Bertz CT molecular complexity index is 710. The van der Waals surface area contributed by atoms with E-state index in [1.807, 2.05) is 19.2 Å². The van der Waals surface area contributed by atoms with E-state index < -0.39 is 0 Å². The van der Waals surface area contributed by atoms with Gasteiger partial charge in [0.05, 0.1) is 0 Å². The van der Waals surface area contributed by atoms with Gasteiger partial charge in [-0.1, -0.05) is 31.4 Å². The van der Waals surface area contributed by atoms with Gasteiger partial charge in [-0.3, -0.25) is 9.79 Å². The van der Waals surface area contributed by atoms with E-state index in [2.05, 4.69) is 51.8 Å². The minimum absolute atomic E-state index is 0. The third-order valence-corrected chi connectivity index (χ3v) is 6.45. The fraction of sp³-hybridized carbons (Fsp3) is 0.667. The molecule has 1 aliphatic heterocycles. The maximum atomic E-state index is 12.5. The monoisotopic (exact) mass is 541 g/mol. The van der Waals surface area contributed by atoms with Gasteiger partial charge < -0.3 is 20.9 Å². The first-order valence-electron chi connectivity index (χ1n) is 11.7. The number of guanidine groups is 1. The molecule has 1 aromatic rings. The van der Waals surface area contributed by atoms with E-state index in [1.165, 1.54) is 19.3 Å². The van der Waals surface area contributed by atoms with Crippen molar-refractivity contribution < 1.29 is 4.79 Å². The molecule has 0 unspecified atom stereocenters. The number of anilines is 1. The highest BCUT2D eigenvalue weighted by Crippen LogP contribution is 2.25. The molecule has 7 heteroatoms. The van der Waals surface area contributed by atoms with Crippen LogP contribution in [0, 0.1) is 5.92 Å². The van der Waals surface area contributed by atoms with Crippen LogP contribution in [0.15, 0.2) is 29.3 Å². The molecular formula is C24H40IN5O. The quantitative estimate of drug-likeness (QED) is 0.285. The largest absolute Gasteiger partial charge is 0.354 e. The topological polar surface area (TPSA) is 68.8 Å². The van der Waals surface area contributed by atoms with Gasteiger partial charge in [0.1, 0.15) is 0 Å². The van der Waals surface area contributed by atoms with Crippen molar-refractivity contribution in [2.45, 2.75) is 77.4 Å². The fourth-order valence-corrected chi connectivity index (χ4v) is 4.50. The van der Waals surface area contributed by atoms with Crippen LogP contribution in [0.1, 0.15) is 64.4 Å². The van der Waals surface area contributed by atoms with Crippen molar-refractivity contribution >= 4 is 41.5 Å². The molecule has 3 N–H and O–H groups in total. The lowest BCUT2D eigenvalue weighted by Gasteiger charge is -2.35.